The zero-order chi connectivity index (χ0) is 16.4. The summed E-state index contributed by atoms with van der Waals surface area (Å²) in [5.41, 5.74) is 1.10. The van der Waals surface area contributed by atoms with Crippen LogP contribution < -0.4 is 10.2 Å². The molecule has 1 aromatic rings. The van der Waals surface area contributed by atoms with E-state index < -0.39 is 0 Å². The first-order valence-corrected chi connectivity index (χ1v) is 9.33. The topological polar surface area (TPSA) is 54.5 Å². The summed E-state index contributed by atoms with van der Waals surface area (Å²) in [5, 5.41) is 3.13. The maximum Gasteiger partial charge on any atom is 0.220 e. The fraction of sp³-hybridized carbons (Fsp3) is 0.684. The molecule has 1 N–H and O–H groups in total. The SMILES string of the molecule is O=C(C[C@@H]1C[C@H]2CC[C@H]1C2)NCc1cccnc1N1CCOCC1. The summed E-state index contributed by atoms with van der Waals surface area (Å²) < 4.78 is 5.42. The molecule has 4 rings (SSSR count). The van der Waals surface area contributed by atoms with Crippen molar-refractivity contribution in [1.29, 1.82) is 0 Å². The number of hydrogen-bond acceptors (Lipinski definition) is 4. The highest BCUT2D eigenvalue weighted by atomic mass is 16.5. The molecule has 3 fully saturated rings. The van der Waals surface area contributed by atoms with Crippen molar-refractivity contribution >= 4 is 11.7 Å². The van der Waals surface area contributed by atoms with Gasteiger partial charge in [0.1, 0.15) is 5.82 Å². The lowest BCUT2D eigenvalue weighted by molar-refractivity contribution is -0.122. The molecule has 5 heteroatoms. The van der Waals surface area contributed by atoms with Crippen molar-refractivity contribution < 1.29 is 9.53 Å². The van der Waals surface area contributed by atoms with Crippen LogP contribution in [0.15, 0.2) is 18.3 Å². The molecule has 130 valence electrons. The largest absolute Gasteiger partial charge is 0.378 e. The van der Waals surface area contributed by atoms with Crippen molar-refractivity contribution in [3.05, 3.63) is 23.9 Å². The second-order valence-electron chi connectivity index (χ2n) is 7.50. The van der Waals surface area contributed by atoms with E-state index in [4.69, 9.17) is 4.74 Å². The number of pyridine rings is 1. The van der Waals surface area contributed by atoms with E-state index in [9.17, 15) is 4.79 Å². The predicted molar refractivity (Wildman–Crippen MR) is 92.7 cm³/mol. The van der Waals surface area contributed by atoms with Gasteiger partial charge in [-0.05, 0) is 43.1 Å². The third kappa shape index (κ3) is 3.41. The van der Waals surface area contributed by atoms with Gasteiger partial charge in [-0.1, -0.05) is 12.5 Å². The van der Waals surface area contributed by atoms with Gasteiger partial charge in [0, 0.05) is 37.8 Å². The molecule has 0 radical (unpaired) electrons. The Morgan fingerprint density at radius 3 is 2.92 bits per heavy atom. The lowest BCUT2D eigenvalue weighted by Gasteiger charge is -2.29. The normalized spacial score (nSPS) is 29.0. The Hall–Kier alpha value is -1.62. The van der Waals surface area contributed by atoms with Gasteiger partial charge in [-0.25, -0.2) is 4.98 Å². The summed E-state index contributed by atoms with van der Waals surface area (Å²) in [5.74, 6) is 3.52. The second kappa shape index (κ2) is 7.09. The van der Waals surface area contributed by atoms with Crippen LogP contribution in [-0.4, -0.2) is 37.2 Å². The number of nitrogens with zero attached hydrogens (tertiary/aromatic N) is 2. The van der Waals surface area contributed by atoms with E-state index in [1.807, 2.05) is 12.3 Å². The van der Waals surface area contributed by atoms with E-state index in [-0.39, 0.29) is 5.91 Å². The molecule has 2 aliphatic carbocycles. The van der Waals surface area contributed by atoms with Crippen LogP contribution >= 0.6 is 0 Å². The Labute approximate surface area is 143 Å². The first-order chi connectivity index (χ1) is 11.8. The van der Waals surface area contributed by atoms with E-state index in [0.717, 1.165) is 49.5 Å². The molecule has 1 aromatic heterocycles. The van der Waals surface area contributed by atoms with Crippen molar-refractivity contribution in [2.45, 2.75) is 38.6 Å². The summed E-state index contributed by atoms with van der Waals surface area (Å²) in [6, 6.07) is 4.01. The third-order valence-electron chi connectivity index (χ3n) is 5.99. The molecule has 3 atom stereocenters. The highest BCUT2D eigenvalue weighted by Crippen LogP contribution is 2.49. The number of nitrogens with one attached hydrogen (secondary N) is 1. The molecule has 0 unspecified atom stereocenters. The van der Waals surface area contributed by atoms with Gasteiger partial charge in [0.2, 0.25) is 5.91 Å². The van der Waals surface area contributed by atoms with Crippen molar-refractivity contribution in [3.8, 4) is 0 Å². The van der Waals surface area contributed by atoms with Crippen molar-refractivity contribution in [2.75, 3.05) is 31.2 Å². The molecular weight excluding hydrogens is 302 g/mol. The summed E-state index contributed by atoms with van der Waals surface area (Å²) in [7, 11) is 0. The molecule has 2 bridgehead atoms. The molecule has 1 aliphatic heterocycles. The van der Waals surface area contributed by atoms with Crippen LogP contribution in [0.2, 0.25) is 0 Å². The van der Waals surface area contributed by atoms with Gasteiger partial charge in [-0.3, -0.25) is 4.79 Å². The molecule has 3 aliphatic rings. The average molecular weight is 329 g/mol. The zero-order valence-corrected chi connectivity index (χ0v) is 14.2. The summed E-state index contributed by atoms with van der Waals surface area (Å²) in [6.45, 7) is 3.78. The van der Waals surface area contributed by atoms with Crippen LogP contribution in [0.5, 0.6) is 0 Å². The Morgan fingerprint density at radius 2 is 2.17 bits per heavy atom. The van der Waals surface area contributed by atoms with E-state index in [2.05, 4.69) is 21.3 Å². The Bertz CT molecular complexity index is 586. The number of carbonyl (C=O) groups excluding carboxylic acids is 1. The Morgan fingerprint density at radius 1 is 1.29 bits per heavy atom. The fourth-order valence-electron chi connectivity index (χ4n) is 4.76. The number of fused-ring (bicyclic) bond motifs is 2. The molecule has 0 spiro atoms. The summed E-state index contributed by atoms with van der Waals surface area (Å²) >= 11 is 0. The molecule has 0 aromatic carbocycles. The molecule has 1 amide bonds. The predicted octanol–water partition coefficient (Wildman–Crippen LogP) is 2.36. The molecule has 2 heterocycles. The second-order valence-corrected chi connectivity index (χ2v) is 7.50. The maximum absolute atomic E-state index is 12.4. The van der Waals surface area contributed by atoms with Crippen LogP contribution in [0.1, 0.15) is 37.7 Å². The molecular formula is C19H27N3O2. The number of anilines is 1. The van der Waals surface area contributed by atoms with E-state index in [0.29, 0.717) is 18.9 Å². The van der Waals surface area contributed by atoms with Gasteiger partial charge >= 0.3 is 0 Å². The minimum Gasteiger partial charge on any atom is -0.378 e. The lowest BCUT2D eigenvalue weighted by atomic mass is 9.86. The first kappa shape index (κ1) is 15.9. The zero-order valence-electron chi connectivity index (χ0n) is 14.2. The third-order valence-corrected chi connectivity index (χ3v) is 5.99. The minimum absolute atomic E-state index is 0.198. The van der Waals surface area contributed by atoms with Crippen molar-refractivity contribution in [3.63, 3.8) is 0 Å². The van der Waals surface area contributed by atoms with Gasteiger partial charge < -0.3 is 15.0 Å². The van der Waals surface area contributed by atoms with Gasteiger partial charge in [-0.2, -0.15) is 0 Å². The maximum atomic E-state index is 12.4. The highest BCUT2D eigenvalue weighted by molar-refractivity contribution is 5.76. The monoisotopic (exact) mass is 329 g/mol. The molecule has 1 saturated heterocycles. The number of morpholine rings is 1. The number of hydrogen-bond donors (Lipinski definition) is 1. The number of carbonyl (C=O) groups is 1. The number of amides is 1. The smallest absolute Gasteiger partial charge is 0.220 e. The van der Waals surface area contributed by atoms with Gasteiger partial charge in [-0.15, -0.1) is 0 Å². The Balaban J connectivity index is 1.33. The lowest BCUT2D eigenvalue weighted by Crippen LogP contribution is -2.38. The molecule has 2 saturated carbocycles. The van der Waals surface area contributed by atoms with E-state index in [1.54, 1.807) is 0 Å². The van der Waals surface area contributed by atoms with E-state index >= 15 is 0 Å². The van der Waals surface area contributed by atoms with Crippen LogP contribution in [0, 0.1) is 17.8 Å². The van der Waals surface area contributed by atoms with Gasteiger partial charge in [0.05, 0.1) is 13.2 Å². The fourth-order valence-corrected chi connectivity index (χ4v) is 4.76. The van der Waals surface area contributed by atoms with Gasteiger partial charge in [0.25, 0.3) is 0 Å². The standard InChI is InChI=1S/C19H27N3O2/c23-18(12-17-11-14-3-4-15(17)10-14)21-13-16-2-1-5-20-19(16)22-6-8-24-9-7-22/h1-2,5,14-15,17H,3-4,6-13H2,(H,21,23)/t14-,15-,17-/m0/s1. The molecule has 5 nitrogen and oxygen atoms in total. The quantitative estimate of drug-likeness (QED) is 0.901. The molecule has 24 heavy (non-hydrogen) atoms. The van der Waals surface area contributed by atoms with Gasteiger partial charge in [0.15, 0.2) is 0 Å². The van der Waals surface area contributed by atoms with E-state index in [1.165, 1.54) is 25.7 Å². The van der Waals surface area contributed by atoms with Crippen molar-refractivity contribution in [1.82, 2.24) is 10.3 Å². The number of ether oxygens (including phenoxy) is 1. The van der Waals surface area contributed by atoms with Crippen LogP contribution in [0.3, 0.4) is 0 Å². The average Bonchev–Trinajstić information content (AvgIpc) is 3.24. The van der Waals surface area contributed by atoms with Crippen LogP contribution in [-0.2, 0) is 16.1 Å². The van der Waals surface area contributed by atoms with Crippen LogP contribution in [0.25, 0.3) is 0 Å². The summed E-state index contributed by atoms with van der Waals surface area (Å²) in [4.78, 5) is 19.2. The number of aromatic nitrogens is 1. The van der Waals surface area contributed by atoms with Crippen LogP contribution in [0.4, 0.5) is 5.82 Å². The Kier molecular flexibility index (Phi) is 4.69. The highest BCUT2D eigenvalue weighted by Gasteiger charge is 2.40. The van der Waals surface area contributed by atoms with Crippen molar-refractivity contribution in [2.24, 2.45) is 17.8 Å². The summed E-state index contributed by atoms with van der Waals surface area (Å²) in [6.07, 6.45) is 7.89. The first-order valence-electron chi connectivity index (χ1n) is 9.33. The minimum atomic E-state index is 0.198. The number of rotatable bonds is 5.